The number of hydrogen-bond donors (Lipinski definition) is 0. The average Bonchev–Trinajstić information content (AvgIpc) is 2.87. The molecule has 0 aliphatic heterocycles. The number of ketones is 1. The van der Waals surface area contributed by atoms with Crippen molar-refractivity contribution in [1.82, 2.24) is 9.55 Å². The molecule has 33 heavy (non-hydrogen) atoms. The maximum atomic E-state index is 13.4. The lowest BCUT2D eigenvalue weighted by Gasteiger charge is -2.20. The van der Waals surface area contributed by atoms with Gasteiger partial charge in [-0.2, -0.15) is 0 Å². The Kier molecular flexibility index (Phi) is 6.79. The van der Waals surface area contributed by atoms with Crippen molar-refractivity contribution in [2.75, 3.05) is 20.0 Å². The number of para-hydroxylation sites is 1. The summed E-state index contributed by atoms with van der Waals surface area (Å²) in [5, 5.41) is 1.06. The first-order chi connectivity index (χ1) is 16.0. The molecule has 0 radical (unpaired) electrons. The van der Waals surface area contributed by atoms with Crippen molar-refractivity contribution < 1.29 is 14.3 Å². The highest BCUT2D eigenvalue weighted by Crippen LogP contribution is 2.29. The molecule has 1 heterocycles. The molecule has 4 aromatic rings. The second-order valence-corrected chi connectivity index (χ2v) is 8.40. The summed E-state index contributed by atoms with van der Waals surface area (Å²) in [6, 6.07) is 21.9. The Bertz CT molecular complexity index is 1350. The first-order valence-electron chi connectivity index (χ1n) is 10.5. The molecule has 1 unspecified atom stereocenters. The van der Waals surface area contributed by atoms with Crippen molar-refractivity contribution in [2.45, 2.75) is 18.1 Å². The van der Waals surface area contributed by atoms with E-state index < -0.39 is 0 Å². The van der Waals surface area contributed by atoms with E-state index in [9.17, 15) is 9.59 Å². The van der Waals surface area contributed by atoms with E-state index in [0.29, 0.717) is 33.1 Å². The summed E-state index contributed by atoms with van der Waals surface area (Å²) in [5.74, 6) is 1.08. The van der Waals surface area contributed by atoms with Gasteiger partial charge in [0.25, 0.3) is 5.56 Å². The highest BCUT2D eigenvalue weighted by atomic mass is 32.2. The summed E-state index contributed by atoms with van der Waals surface area (Å²) in [7, 11) is 3.08. The molecule has 7 heteroatoms. The van der Waals surface area contributed by atoms with Crippen LogP contribution < -0.4 is 15.0 Å². The molecule has 0 bridgehead atoms. The van der Waals surface area contributed by atoms with Gasteiger partial charge in [-0.05, 0) is 42.8 Å². The fourth-order valence-corrected chi connectivity index (χ4v) is 4.64. The molecule has 6 nitrogen and oxygen atoms in total. The highest BCUT2D eigenvalue weighted by Gasteiger charge is 2.19. The van der Waals surface area contributed by atoms with Crippen LogP contribution in [0.4, 0.5) is 0 Å². The molecule has 0 saturated heterocycles. The van der Waals surface area contributed by atoms with Crippen LogP contribution in [0.15, 0.2) is 82.7 Å². The number of aromatic nitrogens is 2. The van der Waals surface area contributed by atoms with Gasteiger partial charge in [0.2, 0.25) is 0 Å². The van der Waals surface area contributed by atoms with Crippen LogP contribution >= 0.6 is 11.8 Å². The van der Waals surface area contributed by atoms with Crippen molar-refractivity contribution in [1.29, 1.82) is 0 Å². The number of hydrogen-bond acceptors (Lipinski definition) is 6. The normalized spacial score (nSPS) is 11.8. The number of carbonyl (C=O) groups is 1. The van der Waals surface area contributed by atoms with Crippen LogP contribution in [0.25, 0.3) is 10.9 Å². The number of benzene rings is 3. The van der Waals surface area contributed by atoms with Crippen LogP contribution in [-0.2, 0) is 0 Å². The monoisotopic (exact) mass is 460 g/mol. The van der Waals surface area contributed by atoms with Crippen LogP contribution in [0.5, 0.6) is 11.5 Å². The number of ether oxygens (including phenoxy) is 2. The maximum absolute atomic E-state index is 13.4. The van der Waals surface area contributed by atoms with E-state index in [1.165, 1.54) is 18.9 Å². The lowest BCUT2D eigenvalue weighted by Crippen LogP contribution is -2.27. The van der Waals surface area contributed by atoms with Gasteiger partial charge in [0.1, 0.15) is 0 Å². The molecular formula is C26H24N2O4S. The van der Waals surface area contributed by atoms with Crippen molar-refractivity contribution in [3.8, 4) is 11.5 Å². The van der Waals surface area contributed by atoms with Crippen molar-refractivity contribution in [3.63, 3.8) is 0 Å². The Morgan fingerprint density at radius 1 is 0.970 bits per heavy atom. The van der Waals surface area contributed by atoms with Gasteiger partial charge in [-0.25, -0.2) is 4.98 Å². The van der Waals surface area contributed by atoms with Crippen LogP contribution in [0.2, 0.25) is 0 Å². The van der Waals surface area contributed by atoms with E-state index in [0.717, 1.165) is 5.56 Å². The SMILES string of the molecule is COc1ccc(C(=O)CSc2nc3ccccc3c(=O)n2C(C)c2ccccc2)cc1OC. The van der Waals surface area contributed by atoms with Gasteiger partial charge in [-0.1, -0.05) is 54.2 Å². The third kappa shape index (κ3) is 4.64. The quantitative estimate of drug-likeness (QED) is 0.209. The minimum atomic E-state index is -0.241. The summed E-state index contributed by atoms with van der Waals surface area (Å²) in [6.45, 7) is 1.97. The molecule has 3 aromatic carbocycles. The number of rotatable bonds is 8. The molecular weight excluding hydrogens is 436 g/mol. The molecule has 1 aromatic heterocycles. The van der Waals surface area contributed by atoms with Crippen molar-refractivity contribution >= 4 is 28.4 Å². The van der Waals surface area contributed by atoms with Crippen molar-refractivity contribution in [2.24, 2.45) is 0 Å². The van der Waals surface area contributed by atoms with E-state index in [-0.39, 0.29) is 23.1 Å². The van der Waals surface area contributed by atoms with E-state index in [2.05, 4.69) is 0 Å². The third-order valence-corrected chi connectivity index (χ3v) is 6.44. The second-order valence-electron chi connectivity index (χ2n) is 7.45. The molecule has 168 valence electrons. The summed E-state index contributed by atoms with van der Waals surface area (Å²) in [5.41, 5.74) is 1.98. The van der Waals surface area contributed by atoms with Crippen LogP contribution in [0, 0.1) is 0 Å². The first-order valence-corrected chi connectivity index (χ1v) is 11.5. The lowest BCUT2D eigenvalue weighted by molar-refractivity contribution is 0.102. The van der Waals surface area contributed by atoms with Gasteiger partial charge in [-0.3, -0.25) is 14.2 Å². The topological polar surface area (TPSA) is 70.4 Å². The number of methoxy groups -OCH3 is 2. The smallest absolute Gasteiger partial charge is 0.262 e. The largest absolute Gasteiger partial charge is 0.493 e. The number of nitrogens with zero attached hydrogens (tertiary/aromatic N) is 2. The number of fused-ring (bicyclic) bond motifs is 1. The molecule has 0 aliphatic rings. The molecule has 0 N–H and O–H groups in total. The third-order valence-electron chi connectivity index (χ3n) is 5.48. The molecule has 1 atom stereocenters. The van der Waals surface area contributed by atoms with Gasteiger partial charge in [0.15, 0.2) is 22.4 Å². The summed E-state index contributed by atoms with van der Waals surface area (Å²) in [4.78, 5) is 31.1. The molecule has 0 saturated carbocycles. The van der Waals surface area contributed by atoms with Crippen LogP contribution in [0.1, 0.15) is 28.9 Å². The summed E-state index contributed by atoms with van der Waals surface area (Å²) in [6.07, 6.45) is 0. The maximum Gasteiger partial charge on any atom is 0.262 e. The van der Waals surface area contributed by atoms with Crippen LogP contribution in [-0.4, -0.2) is 35.3 Å². The van der Waals surface area contributed by atoms with Gasteiger partial charge in [0, 0.05) is 5.56 Å². The standard InChI is InChI=1S/C26H24N2O4S/c1-17(18-9-5-4-6-10-18)28-25(30)20-11-7-8-12-21(20)27-26(28)33-16-22(29)19-13-14-23(31-2)24(15-19)32-3/h4-15,17H,16H2,1-3H3. The predicted molar refractivity (Wildman–Crippen MR) is 131 cm³/mol. The zero-order valence-electron chi connectivity index (χ0n) is 18.6. The summed E-state index contributed by atoms with van der Waals surface area (Å²) < 4.78 is 12.2. The molecule has 4 rings (SSSR count). The van der Waals surface area contributed by atoms with E-state index >= 15 is 0 Å². The number of Topliss-reactive ketones (excluding diaryl/α,β-unsaturated/α-hetero) is 1. The minimum absolute atomic E-state index is 0.0951. The number of thioether (sulfide) groups is 1. The molecule has 0 fully saturated rings. The Morgan fingerprint density at radius 3 is 2.39 bits per heavy atom. The summed E-state index contributed by atoms with van der Waals surface area (Å²) >= 11 is 1.26. The van der Waals surface area contributed by atoms with Crippen LogP contribution in [0.3, 0.4) is 0 Å². The van der Waals surface area contributed by atoms with Gasteiger partial charge >= 0.3 is 0 Å². The highest BCUT2D eigenvalue weighted by molar-refractivity contribution is 7.99. The minimum Gasteiger partial charge on any atom is -0.493 e. The van der Waals surface area contributed by atoms with E-state index in [1.807, 2.05) is 55.5 Å². The van der Waals surface area contributed by atoms with Gasteiger partial charge < -0.3 is 9.47 Å². The predicted octanol–water partition coefficient (Wildman–Crippen LogP) is 5.00. The Hall–Kier alpha value is -3.58. The molecule has 0 spiro atoms. The molecule has 0 aliphatic carbocycles. The Balaban J connectivity index is 1.70. The Labute approximate surface area is 196 Å². The van der Waals surface area contributed by atoms with Crippen molar-refractivity contribution in [3.05, 3.63) is 94.3 Å². The van der Waals surface area contributed by atoms with Gasteiger partial charge in [0.05, 0.1) is 36.9 Å². The van der Waals surface area contributed by atoms with Gasteiger partial charge in [-0.15, -0.1) is 0 Å². The average molecular weight is 461 g/mol. The fraction of sp³-hybridized carbons (Fsp3) is 0.192. The Morgan fingerprint density at radius 2 is 1.67 bits per heavy atom. The fourth-order valence-electron chi connectivity index (χ4n) is 3.67. The van der Waals surface area contributed by atoms with E-state index in [1.54, 1.807) is 35.9 Å². The zero-order chi connectivity index (χ0) is 23.4. The lowest BCUT2D eigenvalue weighted by atomic mass is 10.1. The second kappa shape index (κ2) is 9.92. The number of carbonyl (C=O) groups excluding carboxylic acids is 1. The first kappa shape index (κ1) is 22.6. The zero-order valence-corrected chi connectivity index (χ0v) is 19.5. The van der Waals surface area contributed by atoms with E-state index in [4.69, 9.17) is 14.5 Å². The molecule has 0 amide bonds.